The molecule has 206 valence electrons. The van der Waals surface area contributed by atoms with Crippen LogP contribution in [0.2, 0.25) is 0 Å². The Hall–Kier alpha value is -1.85. The van der Waals surface area contributed by atoms with E-state index in [9.17, 15) is 18.0 Å². The molecule has 1 aromatic carbocycles. The second-order valence-electron chi connectivity index (χ2n) is 9.52. The highest BCUT2D eigenvalue weighted by Crippen LogP contribution is 2.24. The van der Waals surface area contributed by atoms with E-state index in [4.69, 9.17) is 25.1 Å². The number of esters is 1. The number of halogens is 4. The molecule has 2 atom stereocenters. The Morgan fingerprint density at radius 1 is 1.08 bits per heavy atom. The first-order valence-electron chi connectivity index (χ1n) is 12.2. The average Bonchev–Trinajstić information content (AvgIpc) is 2.80. The molecular formula is C25H38BrF3N2O5. The molecule has 7 nitrogen and oxygen atoms in total. The van der Waals surface area contributed by atoms with Gasteiger partial charge in [-0.2, -0.15) is 13.2 Å². The highest BCUT2D eigenvalue weighted by molar-refractivity contribution is 8.93. The molecular weight excluding hydrogens is 545 g/mol. The summed E-state index contributed by atoms with van der Waals surface area (Å²) in [6.45, 7) is 3.39. The smallest absolute Gasteiger partial charge is 0.430 e. The first-order chi connectivity index (χ1) is 16.5. The standard InChI is InChI=1S/C23H37N2O3.C2HF3O2.BrH/c1-27-21-13-11-19(12-14-21)7-5-15-25(16-6-8-20(24)17-25)18-23(26)28-22-9-3-2-4-10-22;3-2(4,5)1(6)7;/h11-14,20,22H,2-10,15-18,24H2,1H3;(H,6,7);1H/q+1;;/p-1. The van der Waals surface area contributed by atoms with Crippen LogP contribution in [0.25, 0.3) is 0 Å². The molecule has 1 aromatic rings. The van der Waals surface area contributed by atoms with E-state index in [1.807, 2.05) is 12.1 Å². The number of alkyl halides is 3. The third kappa shape index (κ3) is 11.5. The number of carbonyl (C=O) groups is 2. The fourth-order valence-corrected chi connectivity index (χ4v) is 4.89. The Kier molecular flexibility index (Phi) is 13.8. The molecule has 0 bridgehead atoms. The molecule has 3 rings (SSSR count). The number of likely N-dealkylation sites (tertiary alicyclic amines) is 1. The van der Waals surface area contributed by atoms with Gasteiger partial charge < -0.3 is 29.6 Å². The van der Waals surface area contributed by atoms with Crippen molar-refractivity contribution in [3.05, 3.63) is 29.8 Å². The molecule has 1 aliphatic carbocycles. The first kappa shape index (κ1) is 32.2. The molecule has 36 heavy (non-hydrogen) atoms. The van der Waals surface area contributed by atoms with Crippen LogP contribution < -0.4 is 15.6 Å². The number of carbonyl (C=O) groups excluding carboxylic acids is 2. The van der Waals surface area contributed by atoms with E-state index in [0.717, 1.165) is 68.4 Å². The average molecular weight is 583 g/mol. The molecule has 11 heteroatoms. The van der Waals surface area contributed by atoms with Gasteiger partial charge in [-0.25, -0.2) is 4.79 Å². The lowest BCUT2D eigenvalue weighted by atomic mass is 9.98. The number of benzene rings is 1. The number of piperidine rings is 1. The van der Waals surface area contributed by atoms with Crippen molar-refractivity contribution in [2.24, 2.45) is 5.73 Å². The van der Waals surface area contributed by atoms with Crippen molar-refractivity contribution >= 4 is 28.9 Å². The zero-order valence-electron chi connectivity index (χ0n) is 20.8. The minimum Gasteiger partial charge on any atom is -0.542 e. The van der Waals surface area contributed by atoms with Crippen LogP contribution in [0.1, 0.15) is 56.9 Å². The van der Waals surface area contributed by atoms with Gasteiger partial charge in [-0.05, 0) is 62.6 Å². The van der Waals surface area contributed by atoms with Gasteiger partial charge in [-0.15, -0.1) is 17.0 Å². The maximum absolute atomic E-state index is 12.7. The number of nitrogens with two attached hydrogens (primary N) is 1. The summed E-state index contributed by atoms with van der Waals surface area (Å²) in [4.78, 5) is 21.5. The van der Waals surface area contributed by atoms with Gasteiger partial charge in [0.1, 0.15) is 17.8 Å². The van der Waals surface area contributed by atoms with Gasteiger partial charge in [0.05, 0.1) is 32.8 Å². The molecule has 1 saturated heterocycles. The molecule has 1 heterocycles. The molecule has 1 aliphatic heterocycles. The lowest BCUT2D eigenvalue weighted by Gasteiger charge is -2.43. The van der Waals surface area contributed by atoms with Crippen LogP contribution in [-0.4, -0.2) is 68.0 Å². The molecule has 0 amide bonds. The summed E-state index contributed by atoms with van der Waals surface area (Å²) in [6, 6.07) is 8.47. The number of ether oxygens (including phenoxy) is 2. The van der Waals surface area contributed by atoms with Gasteiger partial charge in [0.25, 0.3) is 0 Å². The van der Waals surface area contributed by atoms with Crippen molar-refractivity contribution in [1.29, 1.82) is 0 Å². The zero-order valence-corrected chi connectivity index (χ0v) is 22.5. The Labute approximate surface area is 221 Å². The minimum absolute atomic E-state index is 0. The van der Waals surface area contributed by atoms with Gasteiger partial charge in [-0.3, -0.25) is 0 Å². The number of methoxy groups -OCH3 is 1. The summed E-state index contributed by atoms with van der Waals surface area (Å²) < 4.78 is 43.4. The molecule has 0 radical (unpaired) electrons. The zero-order chi connectivity index (χ0) is 25.9. The summed E-state index contributed by atoms with van der Waals surface area (Å²) in [7, 11) is 1.69. The maximum atomic E-state index is 12.7. The fourth-order valence-electron chi connectivity index (χ4n) is 4.89. The number of hydrogen-bond donors (Lipinski definition) is 1. The van der Waals surface area contributed by atoms with Crippen LogP contribution in [0.5, 0.6) is 5.75 Å². The van der Waals surface area contributed by atoms with E-state index in [1.165, 1.54) is 24.8 Å². The van der Waals surface area contributed by atoms with Crippen LogP contribution in [0, 0.1) is 0 Å². The Balaban J connectivity index is 0.000000712. The second-order valence-corrected chi connectivity index (χ2v) is 9.52. The Morgan fingerprint density at radius 2 is 1.69 bits per heavy atom. The molecule has 1 saturated carbocycles. The maximum Gasteiger partial charge on any atom is 0.430 e. The predicted molar refractivity (Wildman–Crippen MR) is 133 cm³/mol. The molecule has 2 unspecified atom stereocenters. The van der Waals surface area contributed by atoms with Gasteiger partial charge in [0.15, 0.2) is 6.54 Å². The number of carboxylic acid groups (broad SMARTS) is 1. The highest BCUT2D eigenvalue weighted by Gasteiger charge is 2.36. The van der Waals surface area contributed by atoms with E-state index in [-0.39, 0.29) is 35.1 Å². The number of aryl methyl sites for hydroxylation is 1. The molecule has 2 aliphatic rings. The second kappa shape index (κ2) is 15.4. The molecule has 0 spiro atoms. The predicted octanol–water partition coefficient (Wildman–Crippen LogP) is 3.32. The molecule has 2 fully saturated rings. The minimum atomic E-state index is -5.19. The van der Waals surface area contributed by atoms with Gasteiger partial charge in [-0.1, -0.05) is 18.6 Å². The Morgan fingerprint density at radius 3 is 2.22 bits per heavy atom. The number of aliphatic carboxylic acids is 1. The third-order valence-corrected chi connectivity index (χ3v) is 6.63. The largest absolute Gasteiger partial charge is 0.542 e. The topological polar surface area (TPSA) is 102 Å². The summed E-state index contributed by atoms with van der Waals surface area (Å²) in [5.41, 5.74) is 7.61. The number of rotatable bonds is 8. The van der Waals surface area contributed by atoms with Crippen molar-refractivity contribution in [2.45, 2.75) is 76.1 Å². The molecule has 0 aromatic heterocycles. The van der Waals surface area contributed by atoms with E-state index in [0.29, 0.717) is 6.54 Å². The summed E-state index contributed by atoms with van der Waals surface area (Å²) in [5.74, 6) is -2.14. The van der Waals surface area contributed by atoms with Gasteiger partial charge in [0.2, 0.25) is 0 Å². The monoisotopic (exact) mass is 582 g/mol. The third-order valence-electron chi connectivity index (χ3n) is 6.63. The Bertz CT molecular complexity index is 804. The van der Waals surface area contributed by atoms with Crippen molar-refractivity contribution in [3.63, 3.8) is 0 Å². The summed E-state index contributed by atoms with van der Waals surface area (Å²) in [5, 5.41) is 8.78. The van der Waals surface area contributed by atoms with Crippen molar-refractivity contribution < 1.29 is 41.8 Å². The first-order valence-corrected chi connectivity index (χ1v) is 12.2. The lowest BCUT2D eigenvalue weighted by molar-refractivity contribution is -0.926. The fraction of sp³-hybridized carbons (Fsp3) is 0.680. The SMILES string of the molecule is Br.COc1ccc(CCC[N+]2(CC(=O)OC3CCCCC3)CCCC(N)C2)cc1.O=C([O-])C(F)(F)F. The summed E-state index contributed by atoms with van der Waals surface area (Å²) >= 11 is 0. The van der Waals surface area contributed by atoms with E-state index in [1.54, 1.807) is 7.11 Å². The van der Waals surface area contributed by atoms with Gasteiger partial charge in [0, 0.05) is 6.42 Å². The van der Waals surface area contributed by atoms with Crippen LogP contribution in [0.15, 0.2) is 24.3 Å². The molecule has 2 N–H and O–H groups in total. The number of quaternary nitrogens is 1. The van der Waals surface area contributed by atoms with Crippen molar-refractivity contribution in [2.75, 3.05) is 33.3 Å². The van der Waals surface area contributed by atoms with Crippen LogP contribution in [-0.2, 0) is 20.7 Å². The highest BCUT2D eigenvalue weighted by atomic mass is 79.9. The normalized spacial score (nSPS) is 22.4. The number of carboxylic acids is 1. The van der Waals surface area contributed by atoms with Crippen LogP contribution in [0.3, 0.4) is 0 Å². The summed E-state index contributed by atoms with van der Waals surface area (Å²) in [6.07, 6.45) is 4.87. The number of nitrogens with zero attached hydrogens (tertiary/aromatic N) is 1. The van der Waals surface area contributed by atoms with Crippen molar-refractivity contribution in [1.82, 2.24) is 0 Å². The van der Waals surface area contributed by atoms with E-state index >= 15 is 0 Å². The van der Waals surface area contributed by atoms with Crippen molar-refractivity contribution in [3.8, 4) is 5.75 Å². The lowest BCUT2D eigenvalue weighted by Crippen LogP contribution is -2.60. The van der Waals surface area contributed by atoms with Gasteiger partial charge >= 0.3 is 12.1 Å². The van der Waals surface area contributed by atoms with Crippen LogP contribution in [0.4, 0.5) is 13.2 Å². The van der Waals surface area contributed by atoms with E-state index in [2.05, 4.69) is 12.1 Å². The van der Waals surface area contributed by atoms with Crippen LogP contribution >= 0.6 is 17.0 Å². The van der Waals surface area contributed by atoms with E-state index < -0.39 is 12.1 Å². The number of hydrogen-bond acceptors (Lipinski definition) is 6. The quantitative estimate of drug-likeness (QED) is 0.373.